The molecule has 3 aromatic heterocycles. The van der Waals surface area contributed by atoms with Crippen molar-refractivity contribution < 1.29 is 0 Å². The maximum Gasteiger partial charge on any atom is 0.160 e. The minimum atomic E-state index is 0.800. The number of hydrogen-bond donors (Lipinski definition) is 1. The Labute approximate surface area is 205 Å². The van der Waals surface area contributed by atoms with Crippen LogP contribution in [0.5, 0.6) is 0 Å². The standard InChI is InChI=1S/C29H30N6/c1-18-7-8-30-26-6-5-21(15-23(18)26)25-17-31-29-24(25)16-27(32-33-29)22-13-19(2)28(20(3)14-22)35-11-9-34(4)10-12-35/h5-8,13-17H,9-12H2,1-4H3,(H,31,33). The minimum Gasteiger partial charge on any atom is -0.369 e. The summed E-state index contributed by atoms with van der Waals surface area (Å²) in [4.78, 5) is 12.7. The number of aromatic amines is 1. The number of rotatable bonds is 3. The number of likely N-dealkylation sites (N-methyl/N-ethyl adjacent to an activating group) is 1. The highest BCUT2D eigenvalue weighted by atomic mass is 15.2. The molecule has 35 heavy (non-hydrogen) atoms. The van der Waals surface area contributed by atoms with E-state index >= 15 is 0 Å². The number of hydrogen-bond acceptors (Lipinski definition) is 5. The number of nitrogens with zero attached hydrogens (tertiary/aromatic N) is 5. The highest BCUT2D eigenvalue weighted by Crippen LogP contribution is 2.34. The fourth-order valence-electron chi connectivity index (χ4n) is 5.39. The lowest BCUT2D eigenvalue weighted by Gasteiger charge is -2.36. The molecule has 0 saturated carbocycles. The second-order valence-corrected chi connectivity index (χ2v) is 9.80. The molecule has 0 bridgehead atoms. The van der Waals surface area contributed by atoms with Crippen LogP contribution in [-0.4, -0.2) is 58.3 Å². The summed E-state index contributed by atoms with van der Waals surface area (Å²) in [5.74, 6) is 0. The number of H-pyrrole nitrogens is 1. The smallest absolute Gasteiger partial charge is 0.160 e. The Balaban J connectivity index is 1.40. The van der Waals surface area contributed by atoms with Crippen molar-refractivity contribution in [3.05, 3.63) is 71.5 Å². The molecule has 0 unspecified atom stereocenters. The first-order valence-corrected chi connectivity index (χ1v) is 12.2. The highest BCUT2D eigenvalue weighted by molar-refractivity contribution is 5.98. The van der Waals surface area contributed by atoms with E-state index in [0.717, 1.165) is 65.1 Å². The molecule has 0 aliphatic carbocycles. The molecule has 1 fully saturated rings. The van der Waals surface area contributed by atoms with Gasteiger partial charge in [0, 0.05) is 66.2 Å². The van der Waals surface area contributed by atoms with E-state index in [1.54, 1.807) is 0 Å². The summed E-state index contributed by atoms with van der Waals surface area (Å²) in [5, 5.41) is 11.4. The second-order valence-electron chi connectivity index (χ2n) is 9.80. The molecule has 0 amide bonds. The predicted molar refractivity (Wildman–Crippen MR) is 144 cm³/mol. The number of benzene rings is 2. The van der Waals surface area contributed by atoms with Gasteiger partial charge in [0.15, 0.2) is 5.65 Å². The Hall–Kier alpha value is -3.77. The Morgan fingerprint density at radius 3 is 2.31 bits per heavy atom. The zero-order chi connectivity index (χ0) is 24.1. The van der Waals surface area contributed by atoms with Crippen molar-refractivity contribution in [3.8, 4) is 22.4 Å². The molecule has 1 aliphatic rings. The van der Waals surface area contributed by atoms with Crippen LogP contribution < -0.4 is 4.90 Å². The third-order valence-electron chi connectivity index (χ3n) is 7.31. The Bertz CT molecular complexity index is 1540. The number of piperazine rings is 1. The van der Waals surface area contributed by atoms with Crippen LogP contribution >= 0.6 is 0 Å². The monoisotopic (exact) mass is 462 g/mol. The summed E-state index contributed by atoms with van der Waals surface area (Å²) in [6, 6.07) is 15.2. The van der Waals surface area contributed by atoms with Gasteiger partial charge in [-0.3, -0.25) is 4.98 Å². The van der Waals surface area contributed by atoms with Gasteiger partial charge in [-0.2, -0.15) is 0 Å². The van der Waals surface area contributed by atoms with Crippen molar-refractivity contribution in [2.24, 2.45) is 0 Å². The lowest BCUT2D eigenvalue weighted by molar-refractivity contribution is 0.312. The van der Waals surface area contributed by atoms with Gasteiger partial charge in [-0.15, -0.1) is 10.2 Å². The second kappa shape index (κ2) is 8.47. The molecule has 0 atom stereocenters. The lowest BCUT2D eigenvalue weighted by atomic mass is 9.98. The third-order valence-corrected chi connectivity index (χ3v) is 7.31. The van der Waals surface area contributed by atoms with Crippen molar-refractivity contribution in [1.29, 1.82) is 0 Å². The van der Waals surface area contributed by atoms with E-state index < -0.39 is 0 Å². The average molecular weight is 463 g/mol. The van der Waals surface area contributed by atoms with E-state index in [1.165, 1.54) is 27.8 Å². The predicted octanol–water partition coefficient (Wildman–Crippen LogP) is 5.52. The lowest BCUT2D eigenvalue weighted by Crippen LogP contribution is -2.45. The quantitative estimate of drug-likeness (QED) is 0.383. The molecule has 1 saturated heterocycles. The van der Waals surface area contributed by atoms with Crippen molar-refractivity contribution >= 4 is 27.6 Å². The first kappa shape index (κ1) is 21.7. The van der Waals surface area contributed by atoms with Gasteiger partial charge in [0.05, 0.1) is 11.2 Å². The number of aromatic nitrogens is 4. The van der Waals surface area contributed by atoms with Gasteiger partial charge in [-0.1, -0.05) is 6.07 Å². The van der Waals surface area contributed by atoms with E-state index in [4.69, 9.17) is 0 Å². The molecule has 0 spiro atoms. The highest BCUT2D eigenvalue weighted by Gasteiger charge is 2.19. The maximum absolute atomic E-state index is 4.57. The normalized spacial score (nSPS) is 14.8. The first-order chi connectivity index (χ1) is 17.0. The van der Waals surface area contributed by atoms with Crippen molar-refractivity contribution in [2.45, 2.75) is 20.8 Å². The fraction of sp³-hybridized carbons (Fsp3) is 0.276. The largest absolute Gasteiger partial charge is 0.369 e. The Morgan fingerprint density at radius 1 is 0.771 bits per heavy atom. The van der Waals surface area contributed by atoms with Gasteiger partial charge in [-0.05, 0) is 86.5 Å². The van der Waals surface area contributed by atoms with Crippen LogP contribution in [0.3, 0.4) is 0 Å². The van der Waals surface area contributed by atoms with Gasteiger partial charge >= 0.3 is 0 Å². The summed E-state index contributed by atoms with van der Waals surface area (Å²) >= 11 is 0. The summed E-state index contributed by atoms with van der Waals surface area (Å²) < 4.78 is 0. The summed E-state index contributed by atoms with van der Waals surface area (Å²) in [7, 11) is 2.19. The van der Waals surface area contributed by atoms with E-state index in [1.807, 2.05) is 12.4 Å². The van der Waals surface area contributed by atoms with E-state index in [9.17, 15) is 0 Å². The number of aryl methyl sites for hydroxylation is 3. The first-order valence-electron chi connectivity index (χ1n) is 12.2. The molecule has 0 radical (unpaired) electrons. The maximum atomic E-state index is 4.57. The third kappa shape index (κ3) is 3.84. The zero-order valence-corrected chi connectivity index (χ0v) is 20.8. The van der Waals surface area contributed by atoms with Crippen LogP contribution in [0.25, 0.3) is 44.3 Å². The van der Waals surface area contributed by atoms with E-state index in [-0.39, 0.29) is 0 Å². The molecule has 6 nitrogen and oxygen atoms in total. The van der Waals surface area contributed by atoms with Crippen LogP contribution in [0.2, 0.25) is 0 Å². The van der Waals surface area contributed by atoms with E-state index in [0.29, 0.717) is 0 Å². The van der Waals surface area contributed by atoms with Crippen LogP contribution in [0.15, 0.2) is 54.9 Å². The number of anilines is 1. The average Bonchev–Trinajstić information content (AvgIpc) is 3.28. The van der Waals surface area contributed by atoms with Gasteiger partial charge in [0.25, 0.3) is 0 Å². The van der Waals surface area contributed by atoms with Gasteiger partial charge < -0.3 is 14.8 Å². The van der Waals surface area contributed by atoms with Crippen molar-refractivity contribution in [3.63, 3.8) is 0 Å². The molecule has 1 aliphatic heterocycles. The summed E-state index contributed by atoms with van der Waals surface area (Å²) in [6.07, 6.45) is 3.90. The van der Waals surface area contributed by atoms with Gasteiger partial charge in [0.1, 0.15) is 0 Å². The molecule has 6 heteroatoms. The molecular formula is C29H30N6. The molecule has 1 N–H and O–H groups in total. The van der Waals surface area contributed by atoms with Crippen molar-refractivity contribution in [1.82, 2.24) is 25.1 Å². The topological polar surface area (TPSA) is 60.9 Å². The van der Waals surface area contributed by atoms with Crippen LogP contribution in [-0.2, 0) is 0 Å². The number of nitrogens with one attached hydrogen (secondary N) is 1. The van der Waals surface area contributed by atoms with Gasteiger partial charge in [0.2, 0.25) is 0 Å². The molecule has 5 aromatic rings. The SMILES string of the molecule is Cc1cc(-c2cc3c(-c4ccc5nccc(C)c5c4)c[nH]c3nn2)cc(C)c1N1CCN(C)CC1. The summed E-state index contributed by atoms with van der Waals surface area (Å²) in [6.45, 7) is 10.9. The molecule has 6 rings (SSSR count). The molecular weight excluding hydrogens is 432 g/mol. The van der Waals surface area contributed by atoms with E-state index in [2.05, 4.69) is 100 Å². The molecule has 176 valence electrons. The van der Waals surface area contributed by atoms with Crippen LogP contribution in [0.1, 0.15) is 16.7 Å². The zero-order valence-electron chi connectivity index (χ0n) is 20.8. The minimum absolute atomic E-state index is 0.800. The Kier molecular flexibility index (Phi) is 5.26. The number of pyridine rings is 1. The Morgan fingerprint density at radius 2 is 1.54 bits per heavy atom. The summed E-state index contributed by atoms with van der Waals surface area (Å²) in [5.41, 5.74) is 11.3. The van der Waals surface area contributed by atoms with Crippen LogP contribution in [0.4, 0.5) is 5.69 Å². The fourth-order valence-corrected chi connectivity index (χ4v) is 5.39. The number of fused-ring (bicyclic) bond motifs is 2. The van der Waals surface area contributed by atoms with Crippen molar-refractivity contribution in [2.75, 3.05) is 38.1 Å². The molecule has 2 aromatic carbocycles. The van der Waals surface area contributed by atoms with Crippen LogP contribution in [0, 0.1) is 20.8 Å². The molecule has 4 heterocycles. The van der Waals surface area contributed by atoms with Gasteiger partial charge in [-0.25, -0.2) is 0 Å².